The first-order valence-electron chi connectivity index (χ1n) is 2.00. The Bertz CT molecular complexity index is 80.2. The van der Waals surface area contributed by atoms with Gasteiger partial charge in [0.2, 0.25) is 0 Å². The van der Waals surface area contributed by atoms with Crippen LogP contribution in [-0.2, 0) is 0 Å². The van der Waals surface area contributed by atoms with Gasteiger partial charge >= 0.3 is 88.7 Å². The second kappa shape index (κ2) is 12.9. The molecule has 1 aromatic carbocycles. The average Bonchev–Trinajstić information content (AvgIpc) is 1.72. The van der Waals surface area contributed by atoms with E-state index in [1.165, 1.54) is 0 Å². The van der Waals surface area contributed by atoms with E-state index in [9.17, 15) is 0 Å². The Labute approximate surface area is 123 Å². The Morgan fingerprint density at radius 1 is 0.333 bits per heavy atom. The molecule has 0 radical (unpaired) electrons. The maximum absolute atomic E-state index is 2.00. The summed E-state index contributed by atoms with van der Waals surface area (Å²) in [5, 5.41) is 0. The number of hydrogen-bond acceptors (Lipinski definition) is 0. The van der Waals surface area contributed by atoms with Crippen molar-refractivity contribution < 1.29 is 88.7 Å². The van der Waals surface area contributed by atoms with E-state index in [0.717, 1.165) is 0 Å². The summed E-state index contributed by atoms with van der Waals surface area (Å²) >= 11 is 0. The molecule has 0 heterocycles. The summed E-state index contributed by atoms with van der Waals surface area (Å²) < 4.78 is 0. The minimum absolute atomic E-state index is 0. The standard InChI is InChI=1S/C6H6.3Na/c1-2-4-6-5-3-1;;;/h1-6H;;;/q;3*+1. The summed E-state index contributed by atoms with van der Waals surface area (Å²) in [6, 6.07) is 12.0. The molecule has 0 aliphatic rings. The Morgan fingerprint density at radius 2 is 0.444 bits per heavy atom. The Hall–Kier alpha value is 2.22. The number of hydrogen-bond donors (Lipinski definition) is 0. The van der Waals surface area contributed by atoms with Crippen molar-refractivity contribution in [2.24, 2.45) is 0 Å². The smallest absolute Gasteiger partial charge is 0.0623 e. The first-order valence-corrected chi connectivity index (χ1v) is 2.00. The molecule has 0 saturated heterocycles. The van der Waals surface area contributed by atoms with Crippen molar-refractivity contribution in [3.05, 3.63) is 36.4 Å². The van der Waals surface area contributed by atoms with Gasteiger partial charge in [0, 0.05) is 0 Å². The quantitative estimate of drug-likeness (QED) is 0.320. The summed E-state index contributed by atoms with van der Waals surface area (Å²) in [6.07, 6.45) is 0. The molecule has 0 nitrogen and oxygen atoms in total. The van der Waals surface area contributed by atoms with Crippen molar-refractivity contribution in [2.75, 3.05) is 0 Å². The molecule has 3 heteroatoms. The van der Waals surface area contributed by atoms with Crippen LogP contribution >= 0.6 is 0 Å². The maximum Gasteiger partial charge on any atom is 1.00 e. The zero-order chi connectivity index (χ0) is 4.24. The van der Waals surface area contributed by atoms with Crippen LogP contribution < -0.4 is 88.7 Å². The van der Waals surface area contributed by atoms with Gasteiger partial charge in [-0.05, 0) is 0 Å². The molecule has 0 spiro atoms. The fourth-order valence-corrected chi connectivity index (χ4v) is 0.385. The van der Waals surface area contributed by atoms with E-state index in [2.05, 4.69) is 0 Å². The minimum atomic E-state index is 0. The predicted molar refractivity (Wildman–Crippen MR) is 26.4 cm³/mol. The first kappa shape index (κ1) is 17.3. The molecule has 0 atom stereocenters. The van der Waals surface area contributed by atoms with Crippen LogP contribution in [0.5, 0.6) is 0 Å². The van der Waals surface area contributed by atoms with Crippen molar-refractivity contribution in [1.29, 1.82) is 0 Å². The molecule has 0 aliphatic heterocycles. The van der Waals surface area contributed by atoms with Crippen LogP contribution in [0.25, 0.3) is 0 Å². The normalized spacial score (nSPS) is 5.33. The van der Waals surface area contributed by atoms with Gasteiger partial charge in [0.25, 0.3) is 0 Å². The van der Waals surface area contributed by atoms with Crippen LogP contribution in [0.15, 0.2) is 36.4 Å². The topological polar surface area (TPSA) is 0 Å². The van der Waals surface area contributed by atoms with Crippen molar-refractivity contribution in [2.45, 2.75) is 0 Å². The Balaban J connectivity index is -0.000000120. The largest absolute Gasteiger partial charge is 1.00 e. The predicted octanol–water partition coefficient (Wildman–Crippen LogP) is -7.30. The molecule has 0 amide bonds. The minimum Gasteiger partial charge on any atom is -0.0623 e. The van der Waals surface area contributed by atoms with Crippen molar-refractivity contribution >= 4 is 0 Å². The second-order valence-electron chi connectivity index (χ2n) is 1.15. The number of benzene rings is 1. The number of rotatable bonds is 0. The summed E-state index contributed by atoms with van der Waals surface area (Å²) in [5.41, 5.74) is 0. The zero-order valence-electron chi connectivity index (χ0n) is 6.46. The zero-order valence-corrected chi connectivity index (χ0v) is 12.5. The summed E-state index contributed by atoms with van der Waals surface area (Å²) in [4.78, 5) is 0. The fraction of sp³-hybridized carbons (Fsp3) is 0. The molecule has 0 fully saturated rings. The van der Waals surface area contributed by atoms with Gasteiger partial charge in [-0.2, -0.15) is 0 Å². The van der Waals surface area contributed by atoms with E-state index in [4.69, 9.17) is 0 Å². The van der Waals surface area contributed by atoms with Gasteiger partial charge in [0.05, 0.1) is 0 Å². The van der Waals surface area contributed by atoms with Crippen LogP contribution in [0.3, 0.4) is 0 Å². The molecule has 0 unspecified atom stereocenters. The van der Waals surface area contributed by atoms with Crippen LogP contribution in [0.2, 0.25) is 0 Å². The molecule has 30 valence electrons. The molecule has 1 rings (SSSR count). The molecule has 0 N–H and O–H groups in total. The summed E-state index contributed by atoms with van der Waals surface area (Å²) in [5.74, 6) is 0. The monoisotopic (exact) mass is 147 g/mol. The van der Waals surface area contributed by atoms with E-state index in [-0.39, 0.29) is 88.7 Å². The molecular formula is C6H6Na3+3. The molecule has 9 heavy (non-hydrogen) atoms. The van der Waals surface area contributed by atoms with E-state index in [1.807, 2.05) is 36.4 Å². The van der Waals surface area contributed by atoms with Crippen LogP contribution in [0, 0.1) is 0 Å². The van der Waals surface area contributed by atoms with Gasteiger partial charge < -0.3 is 0 Å². The van der Waals surface area contributed by atoms with Gasteiger partial charge in [-0.3, -0.25) is 0 Å². The Kier molecular flexibility index (Phi) is 24.8. The third-order valence-electron chi connectivity index (χ3n) is 0.667. The van der Waals surface area contributed by atoms with Gasteiger partial charge in [-0.1, -0.05) is 36.4 Å². The maximum atomic E-state index is 2.00. The average molecular weight is 147 g/mol. The SMILES string of the molecule is [Na+].[Na+].[Na+].c1ccccc1. The first-order chi connectivity index (χ1) is 3.00. The second-order valence-corrected chi connectivity index (χ2v) is 1.15. The van der Waals surface area contributed by atoms with Gasteiger partial charge in [0.15, 0.2) is 0 Å². The van der Waals surface area contributed by atoms with Gasteiger partial charge in [-0.25, -0.2) is 0 Å². The van der Waals surface area contributed by atoms with Crippen LogP contribution in [-0.4, -0.2) is 0 Å². The molecule has 1 aromatic rings. The van der Waals surface area contributed by atoms with Crippen LogP contribution in [0.4, 0.5) is 0 Å². The van der Waals surface area contributed by atoms with E-state index >= 15 is 0 Å². The molecule has 0 bridgehead atoms. The molecule has 0 saturated carbocycles. The summed E-state index contributed by atoms with van der Waals surface area (Å²) in [7, 11) is 0. The molecule has 0 aromatic heterocycles. The van der Waals surface area contributed by atoms with Crippen molar-refractivity contribution in [3.63, 3.8) is 0 Å². The molecular weight excluding hydrogens is 141 g/mol. The van der Waals surface area contributed by atoms with Gasteiger partial charge in [0.1, 0.15) is 0 Å². The molecule has 0 aliphatic carbocycles. The Morgan fingerprint density at radius 3 is 0.556 bits per heavy atom. The van der Waals surface area contributed by atoms with Crippen molar-refractivity contribution in [3.8, 4) is 0 Å². The van der Waals surface area contributed by atoms with E-state index in [0.29, 0.717) is 0 Å². The third kappa shape index (κ3) is 10.2. The van der Waals surface area contributed by atoms with E-state index in [1.54, 1.807) is 0 Å². The summed E-state index contributed by atoms with van der Waals surface area (Å²) in [6.45, 7) is 0. The van der Waals surface area contributed by atoms with E-state index < -0.39 is 0 Å². The van der Waals surface area contributed by atoms with Gasteiger partial charge in [-0.15, -0.1) is 0 Å². The van der Waals surface area contributed by atoms with Crippen LogP contribution in [0.1, 0.15) is 0 Å². The fourth-order valence-electron chi connectivity index (χ4n) is 0.385. The third-order valence-corrected chi connectivity index (χ3v) is 0.667. The van der Waals surface area contributed by atoms with Crippen molar-refractivity contribution in [1.82, 2.24) is 0 Å².